The molecule has 0 N–H and O–H groups in total. The average Bonchev–Trinajstić information content (AvgIpc) is 2.81. The summed E-state index contributed by atoms with van der Waals surface area (Å²) in [6.07, 6.45) is 2.00. The lowest BCUT2D eigenvalue weighted by molar-refractivity contribution is -0.155. The molecule has 2 aliphatic heterocycles. The minimum absolute atomic E-state index is 0.0294. The highest BCUT2D eigenvalue weighted by molar-refractivity contribution is 8.17. The van der Waals surface area contributed by atoms with Crippen molar-refractivity contribution in [1.82, 2.24) is 4.90 Å². The zero-order chi connectivity index (χ0) is 18.6. The Bertz CT molecular complexity index is 737. The van der Waals surface area contributed by atoms with Gasteiger partial charge in [-0.05, 0) is 25.7 Å². The van der Waals surface area contributed by atoms with Crippen LogP contribution in [0, 0.1) is 0 Å². The molecule has 9 heteroatoms. The van der Waals surface area contributed by atoms with Crippen LogP contribution in [-0.2, 0) is 14.4 Å². The van der Waals surface area contributed by atoms with Gasteiger partial charge >= 0.3 is 5.97 Å². The molecule has 0 aliphatic carbocycles. The maximum Gasteiger partial charge on any atom is 0.353 e. The Morgan fingerprint density at radius 1 is 1.24 bits per heavy atom. The molecular formula is C16H15Cl4NO2S2. The molecule has 25 heavy (non-hydrogen) atoms. The summed E-state index contributed by atoms with van der Waals surface area (Å²) < 4.78 is 3.40. The van der Waals surface area contributed by atoms with Crippen molar-refractivity contribution in [2.75, 3.05) is 6.26 Å². The number of alkyl halides is 2. The molecule has 0 spiro atoms. The Balaban J connectivity index is 2.38. The van der Waals surface area contributed by atoms with Gasteiger partial charge < -0.3 is 9.64 Å². The monoisotopic (exact) mass is 457 g/mol. The fraction of sp³-hybridized carbons (Fsp3) is 0.438. The van der Waals surface area contributed by atoms with Gasteiger partial charge in [-0.2, -0.15) is 0 Å². The van der Waals surface area contributed by atoms with Crippen LogP contribution in [0.5, 0.6) is 0 Å². The lowest BCUT2D eigenvalue weighted by Gasteiger charge is -2.52. The van der Waals surface area contributed by atoms with Gasteiger partial charge in [0.25, 0.3) is 4.33 Å². The summed E-state index contributed by atoms with van der Waals surface area (Å²) in [7, 11) is 0. The van der Waals surface area contributed by atoms with Gasteiger partial charge in [-0.3, -0.25) is 0 Å². The lowest BCUT2D eigenvalue weighted by atomic mass is 9.93. The predicted octanol–water partition coefficient (Wildman–Crippen LogP) is 5.69. The Labute approximate surface area is 175 Å². The van der Waals surface area contributed by atoms with E-state index >= 15 is 0 Å². The molecule has 0 bridgehead atoms. The average molecular weight is 459 g/mol. The number of ether oxygens (including phenoxy) is 1. The molecule has 0 amide bonds. The van der Waals surface area contributed by atoms with E-state index in [1.807, 2.05) is 55.3 Å². The third-order valence-corrected chi connectivity index (χ3v) is 9.49. The first kappa shape index (κ1) is 19.8. The maximum atomic E-state index is 12.7. The van der Waals surface area contributed by atoms with Gasteiger partial charge in [0.1, 0.15) is 0 Å². The molecule has 3 rings (SSSR count). The van der Waals surface area contributed by atoms with Crippen molar-refractivity contribution in [3.63, 3.8) is 0 Å². The second-order valence-corrected chi connectivity index (χ2v) is 11.0. The Morgan fingerprint density at radius 2 is 1.84 bits per heavy atom. The summed E-state index contributed by atoms with van der Waals surface area (Å²) in [5.74, 6) is -0.724. The van der Waals surface area contributed by atoms with Gasteiger partial charge in [0, 0.05) is 0 Å². The predicted molar refractivity (Wildman–Crippen MR) is 108 cm³/mol. The molecule has 0 unspecified atom stereocenters. The van der Waals surface area contributed by atoms with E-state index in [1.54, 1.807) is 11.8 Å². The van der Waals surface area contributed by atoms with Crippen molar-refractivity contribution < 1.29 is 9.53 Å². The summed E-state index contributed by atoms with van der Waals surface area (Å²) in [5, 5.41) is 0. The van der Waals surface area contributed by atoms with Crippen LogP contribution in [0.15, 0.2) is 40.7 Å². The van der Waals surface area contributed by atoms with Crippen LogP contribution in [0.1, 0.15) is 19.4 Å². The summed E-state index contributed by atoms with van der Waals surface area (Å²) in [6, 6.07) is 9.40. The van der Waals surface area contributed by atoms with Crippen molar-refractivity contribution in [2.45, 2.75) is 33.2 Å². The SMILES string of the molecule is CS[C@@H]1S[C@@]2(c3ccccc3)N(C(=C(Cl)Cl)OC(=O)C2(Cl)Cl)C1(C)C. The van der Waals surface area contributed by atoms with E-state index in [2.05, 4.69) is 0 Å². The second kappa shape index (κ2) is 6.61. The van der Waals surface area contributed by atoms with Gasteiger partial charge in [0.05, 0.1) is 10.1 Å². The number of hydrogen-bond donors (Lipinski definition) is 0. The van der Waals surface area contributed by atoms with Gasteiger partial charge in [-0.1, -0.05) is 76.7 Å². The van der Waals surface area contributed by atoms with Crippen LogP contribution in [0.3, 0.4) is 0 Å². The molecule has 1 aromatic rings. The van der Waals surface area contributed by atoms with Crippen molar-refractivity contribution in [2.24, 2.45) is 0 Å². The smallest absolute Gasteiger partial charge is 0.353 e. The zero-order valence-electron chi connectivity index (χ0n) is 13.6. The van der Waals surface area contributed by atoms with Crippen molar-refractivity contribution in [3.8, 4) is 0 Å². The van der Waals surface area contributed by atoms with E-state index in [0.29, 0.717) is 0 Å². The largest absolute Gasteiger partial charge is 0.405 e. The van der Waals surface area contributed by atoms with Crippen molar-refractivity contribution in [3.05, 3.63) is 46.3 Å². The number of cyclic esters (lactones) is 1. The number of carbonyl (C=O) groups is 1. The highest BCUT2D eigenvalue weighted by Gasteiger charge is 2.73. The molecule has 2 saturated heterocycles. The topological polar surface area (TPSA) is 29.5 Å². The van der Waals surface area contributed by atoms with Crippen LogP contribution in [0.25, 0.3) is 0 Å². The third-order valence-electron chi connectivity index (χ3n) is 4.36. The second-order valence-electron chi connectivity index (χ2n) is 6.21. The first-order chi connectivity index (χ1) is 11.6. The normalized spacial score (nSPS) is 30.0. The number of fused-ring (bicyclic) bond motifs is 1. The van der Waals surface area contributed by atoms with E-state index in [1.165, 1.54) is 11.8 Å². The van der Waals surface area contributed by atoms with Gasteiger partial charge in [-0.25, -0.2) is 4.79 Å². The third kappa shape index (κ3) is 2.69. The number of carbonyl (C=O) groups excluding carboxylic acids is 1. The van der Waals surface area contributed by atoms with Crippen LogP contribution in [-0.4, -0.2) is 31.6 Å². The fourth-order valence-corrected chi connectivity index (χ4v) is 7.41. The van der Waals surface area contributed by atoms with Crippen LogP contribution >= 0.6 is 69.9 Å². The highest BCUT2D eigenvalue weighted by atomic mass is 35.5. The molecule has 2 aliphatic rings. The summed E-state index contributed by atoms with van der Waals surface area (Å²) in [5.41, 5.74) is 0.276. The Hall–Kier alpha value is 0.0900. The molecular weight excluding hydrogens is 444 g/mol. The van der Waals surface area contributed by atoms with Gasteiger partial charge in [0.15, 0.2) is 9.36 Å². The van der Waals surface area contributed by atoms with E-state index in [9.17, 15) is 4.79 Å². The first-order valence-corrected chi connectivity index (χ1v) is 11.0. The number of esters is 1. The minimum Gasteiger partial charge on any atom is -0.405 e. The Kier molecular flexibility index (Phi) is 5.24. The van der Waals surface area contributed by atoms with Gasteiger partial charge in [0.2, 0.25) is 5.88 Å². The van der Waals surface area contributed by atoms with E-state index in [4.69, 9.17) is 51.1 Å². The standard InChI is InChI=1S/C16H15Cl4NO2S2/c1-14(2)13(24-3)25-16(9-7-5-4-6-8-9)15(19,20)12(22)23-11(10(17)18)21(14)16/h4-8,13H,1-3H3/t13-,16-/m1/s1. The summed E-state index contributed by atoms with van der Waals surface area (Å²) in [4.78, 5) is 13.4. The van der Waals surface area contributed by atoms with E-state index in [0.717, 1.165) is 5.56 Å². The maximum absolute atomic E-state index is 12.7. The fourth-order valence-electron chi connectivity index (χ4n) is 3.32. The summed E-state index contributed by atoms with van der Waals surface area (Å²) in [6.45, 7) is 4.04. The molecule has 2 fully saturated rings. The number of halogens is 4. The van der Waals surface area contributed by atoms with E-state index in [-0.39, 0.29) is 15.0 Å². The number of thioether (sulfide) groups is 2. The number of hydrogen-bond acceptors (Lipinski definition) is 5. The molecule has 2 atom stereocenters. The number of benzene rings is 1. The quantitative estimate of drug-likeness (QED) is 0.419. The van der Waals surface area contributed by atoms with Crippen LogP contribution in [0.4, 0.5) is 0 Å². The molecule has 0 saturated carbocycles. The number of nitrogens with zero attached hydrogens (tertiary/aromatic N) is 1. The van der Waals surface area contributed by atoms with Crippen LogP contribution in [0.2, 0.25) is 0 Å². The zero-order valence-corrected chi connectivity index (χ0v) is 18.2. The van der Waals surface area contributed by atoms with Crippen LogP contribution < -0.4 is 0 Å². The summed E-state index contributed by atoms with van der Waals surface area (Å²) >= 11 is 28.6. The first-order valence-electron chi connectivity index (χ1n) is 7.32. The van der Waals surface area contributed by atoms with E-state index < -0.39 is 20.7 Å². The minimum atomic E-state index is -1.85. The highest BCUT2D eigenvalue weighted by Crippen LogP contribution is 2.68. The van der Waals surface area contributed by atoms with Gasteiger partial charge in [-0.15, -0.1) is 23.5 Å². The lowest BCUT2D eigenvalue weighted by Crippen LogP contribution is -2.64. The van der Waals surface area contributed by atoms with Crippen molar-refractivity contribution in [1.29, 1.82) is 0 Å². The van der Waals surface area contributed by atoms with Crippen molar-refractivity contribution >= 4 is 75.9 Å². The molecule has 0 aromatic heterocycles. The molecule has 136 valence electrons. The molecule has 3 nitrogen and oxygen atoms in total. The number of rotatable bonds is 2. The Morgan fingerprint density at radius 3 is 2.36 bits per heavy atom. The molecule has 2 heterocycles. The molecule has 0 radical (unpaired) electrons. The molecule has 1 aromatic carbocycles.